The van der Waals surface area contributed by atoms with Gasteiger partial charge >= 0.3 is 0 Å². The van der Waals surface area contributed by atoms with Gasteiger partial charge in [-0.25, -0.2) is 0 Å². The Bertz CT molecular complexity index is 2260. The zero-order chi connectivity index (χ0) is 38.1. The first-order chi connectivity index (χ1) is 26.8. The minimum absolute atomic E-state index is 0.0679. The molecule has 55 heavy (non-hydrogen) atoms. The number of hydrogen-bond acceptors (Lipinski definition) is 9. The van der Waals surface area contributed by atoms with Crippen LogP contribution in [-0.4, -0.2) is 73.6 Å². The zero-order valence-corrected chi connectivity index (χ0v) is 31.2. The van der Waals surface area contributed by atoms with Crippen LogP contribution in [0.3, 0.4) is 0 Å². The molecule has 0 spiro atoms. The maximum Gasteiger partial charge on any atom is 0.260 e. The first-order valence-corrected chi connectivity index (χ1v) is 18.6. The zero-order valence-electron chi connectivity index (χ0n) is 31.2. The van der Waals surface area contributed by atoms with Gasteiger partial charge in [-0.3, -0.25) is 19.6 Å². The van der Waals surface area contributed by atoms with Crippen LogP contribution in [0.1, 0.15) is 69.5 Å². The molecule has 0 aliphatic carbocycles. The fourth-order valence-electron chi connectivity index (χ4n) is 7.40. The third-order valence-corrected chi connectivity index (χ3v) is 10.5. The Morgan fingerprint density at radius 1 is 0.655 bits per heavy atom. The molecule has 0 bridgehead atoms. The Labute approximate surface area is 320 Å². The second-order valence-corrected chi connectivity index (χ2v) is 14.1. The average Bonchev–Trinajstić information content (AvgIpc) is 3.78. The number of aliphatic imine (C=N–C) groups is 2. The van der Waals surface area contributed by atoms with Crippen molar-refractivity contribution in [3.05, 3.63) is 113 Å². The van der Waals surface area contributed by atoms with Gasteiger partial charge in [0.25, 0.3) is 11.8 Å². The van der Waals surface area contributed by atoms with Gasteiger partial charge in [-0.05, 0) is 90.4 Å². The smallest absolute Gasteiger partial charge is 0.260 e. The van der Waals surface area contributed by atoms with Crippen molar-refractivity contribution in [2.24, 2.45) is 9.98 Å². The summed E-state index contributed by atoms with van der Waals surface area (Å²) in [6, 6.07) is 22.5. The van der Waals surface area contributed by atoms with E-state index in [2.05, 4.69) is 0 Å². The van der Waals surface area contributed by atoms with Gasteiger partial charge in [0.2, 0.25) is 0 Å². The molecule has 4 aliphatic heterocycles. The number of benzene rings is 4. The number of nitrogens with zero attached hydrogens (tertiary/aromatic N) is 4. The number of hydrogen-bond donors (Lipinski definition) is 1. The van der Waals surface area contributed by atoms with Crippen LogP contribution in [0.15, 0.2) is 95.2 Å². The van der Waals surface area contributed by atoms with Crippen LogP contribution in [0.25, 0.3) is 11.1 Å². The number of nitrogens with two attached hydrogens (primary N) is 1. The average molecular weight is 738 g/mol. The van der Waals surface area contributed by atoms with Gasteiger partial charge in [0.15, 0.2) is 11.5 Å². The number of fused-ring (bicyclic) bond motifs is 4. The van der Waals surface area contributed by atoms with E-state index in [1.807, 2.05) is 92.4 Å². The first-order valence-electron chi connectivity index (χ1n) is 18.6. The van der Waals surface area contributed by atoms with Gasteiger partial charge in [0.05, 0.1) is 62.0 Å². The number of carbonyl (C=O) groups excluding carboxylic acids is 2. The third-order valence-electron chi connectivity index (χ3n) is 10.5. The van der Waals surface area contributed by atoms with E-state index < -0.39 is 0 Å². The second-order valence-electron chi connectivity index (χ2n) is 14.1. The molecule has 0 unspecified atom stereocenters. The number of rotatable bonds is 12. The van der Waals surface area contributed by atoms with Gasteiger partial charge in [0.1, 0.15) is 11.5 Å². The predicted molar refractivity (Wildman–Crippen MR) is 214 cm³/mol. The molecule has 2 atom stereocenters. The van der Waals surface area contributed by atoms with Gasteiger partial charge in [-0.1, -0.05) is 24.3 Å². The predicted octanol–water partition coefficient (Wildman–Crippen LogP) is 8.17. The minimum atomic E-state index is -0.176. The molecule has 0 aromatic heterocycles. The molecule has 11 heteroatoms. The summed E-state index contributed by atoms with van der Waals surface area (Å²) in [5.41, 5.74) is 13.9. The van der Waals surface area contributed by atoms with E-state index in [-0.39, 0.29) is 23.9 Å². The van der Waals surface area contributed by atoms with Crippen molar-refractivity contribution in [2.75, 3.05) is 33.2 Å². The molecule has 280 valence electrons. The standard InChI is InChI=1S/C44H43N5O6/c1-27-17-36-38(46-23-33-19-31(26-48(33)43(36)50)29-9-13-35(52-2)14-10-29)21-40(27)54-15-5-4-6-16-55-42-22-39-37(20-41(42)53-3)44(51)49-25-30(18-34(49)24-47-39)28-7-11-32(45)12-8-28/h7-14,17,20-26,33-34H,4-6,15-16,18-19,45H2,1-3H3/t33-,34-/m0/s1. The Balaban J connectivity index is 0.837. The maximum absolute atomic E-state index is 13.7. The van der Waals surface area contributed by atoms with Crippen molar-refractivity contribution in [3.63, 3.8) is 0 Å². The molecule has 2 amide bonds. The first kappa shape index (κ1) is 35.7. The van der Waals surface area contributed by atoms with Crippen molar-refractivity contribution in [1.29, 1.82) is 0 Å². The van der Waals surface area contributed by atoms with Crippen LogP contribution in [0.2, 0.25) is 0 Å². The van der Waals surface area contributed by atoms with E-state index in [4.69, 9.17) is 34.7 Å². The molecule has 0 saturated carbocycles. The quantitative estimate of drug-likeness (QED) is 0.115. The summed E-state index contributed by atoms with van der Waals surface area (Å²) in [5, 5.41) is 0. The highest BCUT2D eigenvalue weighted by atomic mass is 16.5. The number of amides is 2. The molecule has 0 saturated heterocycles. The van der Waals surface area contributed by atoms with Crippen LogP contribution in [0.5, 0.6) is 23.0 Å². The molecular weight excluding hydrogens is 695 g/mol. The Morgan fingerprint density at radius 3 is 1.75 bits per heavy atom. The van der Waals surface area contributed by atoms with E-state index in [0.717, 1.165) is 58.6 Å². The fourth-order valence-corrected chi connectivity index (χ4v) is 7.40. The second kappa shape index (κ2) is 15.2. The Hall–Kier alpha value is -6.36. The highest BCUT2D eigenvalue weighted by molar-refractivity contribution is 6.06. The summed E-state index contributed by atoms with van der Waals surface area (Å²) < 4.78 is 23.2. The van der Waals surface area contributed by atoms with E-state index in [1.54, 1.807) is 36.2 Å². The SMILES string of the molecule is COc1ccc(C2=CN3C(=O)c4cc(C)c(OCCCCCOc5cc6c(cc5OC)C(=O)N5C=C(c7ccc(N)cc7)C[C@H]5C=N6)cc4N=C[C@@H]3C2)cc1. The van der Waals surface area contributed by atoms with Crippen LogP contribution in [0, 0.1) is 6.92 Å². The normalized spacial score (nSPS) is 18.1. The van der Waals surface area contributed by atoms with E-state index in [9.17, 15) is 9.59 Å². The van der Waals surface area contributed by atoms with Crippen LogP contribution < -0.4 is 24.7 Å². The number of methoxy groups -OCH3 is 2. The number of carbonyl (C=O) groups is 2. The monoisotopic (exact) mass is 737 g/mol. The van der Waals surface area contributed by atoms with Gasteiger partial charge in [-0.2, -0.15) is 0 Å². The lowest BCUT2D eigenvalue weighted by Gasteiger charge is -2.19. The molecule has 8 rings (SSSR count). The molecule has 0 fully saturated rings. The van der Waals surface area contributed by atoms with Crippen molar-refractivity contribution in [1.82, 2.24) is 9.80 Å². The van der Waals surface area contributed by atoms with Crippen LogP contribution >= 0.6 is 0 Å². The number of aryl methyl sites for hydroxylation is 1. The molecule has 4 aromatic rings. The largest absolute Gasteiger partial charge is 0.497 e. The molecule has 11 nitrogen and oxygen atoms in total. The lowest BCUT2D eigenvalue weighted by molar-refractivity contribution is 0.0809. The molecule has 2 N–H and O–H groups in total. The van der Waals surface area contributed by atoms with Crippen molar-refractivity contribution in [3.8, 4) is 23.0 Å². The summed E-state index contributed by atoms with van der Waals surface area (Å²) in [7, 11) is 3.22. The minimum Gasteiger partial charge on any atom is -0.497 e. The van der Waals surface area contributed by atoms with Gasteiger partial charge < -0.3 is 34.5 Å². The highest BCUT2D eigenvalue weighted by Crippen LogP contribution is 2.41. The summed E-state index contributed by atoms with van der Waals surface area (Å²) in [4.78, 5) is 40.3. The molecule has 0 radical (unpaired) electrons. The number of unbranched alkanes of at least 4 members (excludes halogenated alkanes) is 2. The summed E-state index contributed by atoms with van der Waals surface area (Å²) in [6.45, 7) is 2.94. The Kier molecular flexibility index (Phi) is 9.84. The van der Waals surface area contributed by atoms with Crippen molar-refractivity contribution >= 4 is 52.5 Å². The molecule has 4 heterocycles. The van der Waals surface area contributed by atoms with Crippen molar-refractivity contribution < 1.29 is 28.5 Å². The summed E-state index contributed by atoms with van der Waals surface area (Å²) in [6.07, 6.45) is 11.4. The summed E-state index contributed by atoms with van der Waals surface area (Å²) >= 11 is 0. The van der Waals surface area contributed by atoms with Gasteiger partial charge in [0, 0.05) is 55.5 Å². The summed E-state index contributed by atoms with van der Waals surface area (Å²) in [5.74, 6) is 2.35. The number of nitrogen functional groups attached to an aromatic ring is 1. The topological polar surface area (TPSA) is 128 Å². The molecule has 4 aromatic carbocycles. The van der Waals surface area contributed by atoms with Crippen LogP contribution in [0.4, 0.5) is 17.1 Å². The van der Waals surface area contributed by atoms with E-state index in [1.165, 1.54) is 0 Å². The lowest BCUT2D eigenvalue weighted by atomic mass is 10.0. The van der Waals surface area contributed by atoms with Gasteiger partial charge in [-0.15, -0.1) is 0 Å². The van der Waals surface area contributed by atoms with E-state index in [0.29, 0.717) is 65.7 Å². The number of ether oxygens (including phenoxy) is 4. The highest BCUT2D eigenvalue weighted by Gasteiger charge is 2.35. The fraction of sp³-hybridized carbons (Fsp3) is 0.273. The molecule has 4 aliphatic rings. The maximum atomic E-state index is 13.7. The Morgan fingerprint density at radius 2 is 1.18 bits per heavy atom. The van der Waals surface area contributed by atoms with Crippen molar-refractivity contribution in [2.45, 2.75) is 51.1 Å². The number of anilines is 1. The third kappa shape index (κ3) is 7.17. The van der Waals surface area contributed by atoms with E-state index >= 15 is 0 Å². The molecular formula is C44H43N5O6. The van der Waals surface area contributed by atoms with Crippen LogP contribution in [-0.2, 0) is 0 Å². The lowest BCUT2D eigenvalue weighted by Crippen LogP contribution is -2.32.